The fraction of sp³-hybridized carbons (Fsp3) is 0.366. The first kappa shape index (κ1) is 43.4. The molecular weight excluding hydrogens is 829 g/mol. The summed E-state index contributed by atoms with van der Waals surface area (Å²) in [6, 6.07) is 17.3. The third kappa shape index (κ3) is 10.9. The average molecular weight is 873 g/mol. The lowest BCUT2D eigenvalue weighted by molar-refractivity contribution is -0.137. The van der Waals surface area contributed by atoms with Crippen molar-refractivity contribution in [2.75, 3.05) is 49.9 Å². The second-order valence-electron chi connectivity index (χ2n) is 14.3. The summed E-state index contributed by atoms with van der Waals surface area (Å²) in [5.74, 6) is 0.837. The Hall–Kier alpha value is -4.19. The topological polar surface area (TPSA) is 133 Å². The van der Waals surface area contributed by atoms with Crippen LogP contribution in [0.1, 0.15) is 72.8 Å². The van der Waals surface area contributed by atoms with Gasteiger partial charge in [0, 0.05) is 37.3 Å². The Balaban J connectivity index is 0.000000220. The lowest BCUT2D eigenvalue weighted by Gasteiger charge is -2.31. The van der Waals surface area contributed by atoms with E-state index < -0.39 is 26.8 Å². The van der Waals surface area contributed by atoms with Crippen molar-refractivity contribution >= 4 is 66.1 Å². The number of benzene rings is 3. The molecule has 308 valence electrons. The number of thiazole rings is 2. The molecule has 10 nitrogen and oxygen atoms in total. The quantitative estimate of drug-likeness (QED) is 0.105. The van der Waals surface area contributed by atoms with Crippen molar-refractivity contribution in [1.29, 1.82) is 0 Å². The number of nitrogens with zero attached hydrogens (tertiary/aromatic N) is 3. The first-order valence-electron chi connectivity index (χ1n) is 18.9. The molecule has 0 radical (unpaired) electrons. The molecular formula is C41H44ClF3N6O4S3. The standard InChI is InChI=1S/C24H23ClF3N3O3S2.C17H21N3OS/c1-15-4-2-3-5-18(15)22(32)20-14-30-23(35-20)29-13-16-8-10-31(11-9-16)36(33,34)21-7-6-17(12-19(21)25)24(26,27)28;1-12-4-2-3-5-14(12)16(21)15-11-20-17(22-15)19-10-13-6-8-18-9-7-13/h2-7,12,14,16H,8-11,13H2,1H3,(H,29,30);2-5,11,13,18H,6-10H2,1H3,(H,19,20). The van der Waals surface area contributed by atoms with Crippen molar-refractivity contribution in [3.05, 3.63) is 122 Å². The highest BCUT2D eigenvalue weighted by Gasteiger charge is 2.35. The van der Waals surface area contributed by atoms with Crippen molar-refractivity contribution in [2.24, 2.45) is 11.8 Å². The predicted octanol–water partition coefficient (Wildman–Crippen LogP) is 8.96. The van der Waals surface area contributed by atoms with E-state index in [1.54, 1.807) is 18.5 Å². The molecule has 17 heteroatoms. The molecule has 4 heterocycles. The smallest absolute Gasteiger partial charge is 0.361 e. The van der Waals surface area contributed by atoms with E-state index in [2.05, 4.69) is 25.9 Å². The number of ketones is 2. The molecule has 5 aromatic rings. The van der Waals surface area contributed by atoms with Gasteiger partial charge in [-0.1, -0.05) is 82.8 Å². The fourth-order valence-corrected chi connectivity index (χ4v) is 10.3. The average Bonchev–Trinajstić information content (AvgIpc) is 3.90. The highest BCUT2D eigenvalue weighted by molar-refractivity contribution is 7.89. The predicted molar refractivity (Wildman–Crippen MR) is 224 cm³/mol. The monoisotopic (exact) mass is 872 g/mol. The highest BCUT2D eigenvalue weighted by Crippen LogP contribution is 2.35. The summed E-state index contributed by atoms with van der Waals surface area (Å²) >= 11 is 8.62. The molecule has 2 fully saturated rings. The first-order chi connectivity index (χ1) is 27.7. The Labute approximate surface area is 349 Å². The molecule has 0 atom stereocenters. The summed E-state index contributed by atoms with van der Waals surface area (Å²) in [6.07, 6.45) is 2.15. The maximum Gasteiger partial charge on any atom is 0.416 e. The molecule has 0 saturated carbocycles. The Morgan fingerprint density at radius 3 is 1.74 bits per heavy atom. The number of anilines is 2. The molecule has 0 spiro atoms. The molecule has 0 aliphatic carbocycles. The third-order valence-corrected chi connectivity index (χ3v) is 14.5. The number of carbonyl (C=O) groups excluding carboxylic acids is 2. The molecule has 0 unspecified atom stereocenters. The van der Waals surface area contributed by atoms with Crippen molar-refractivity contribution in [2.45, 2.75) is 50.6 Å². The number of rotatable bonds is 12. The number of alkyl halides is 3. The van der Waals surface area contributed by atoms with Crippen LogP contribution in [0.25, 0.3) is 0 Å². The number of aromatic nitrogens is 2. The van der Waals surface area contributed by atoms with Crippen molar-refractivity contribution in [3.63, 3.8) is 0 Å². The van der Waals surface area contributed by atoms with Gasteiger partial charge in [-0.3, -0.25) is 9.59 Å². The number of hydrogen-bond acceptors (Lipinski definition) is 11. The summed E-state index contributed by atoms with van der Waals surface area (Å²) in [4.78, 5) is 34.8. The van der Waals surface area contributed by atoms with E-state index in [-0.39, 0.29) is 35.5 Å². The zero-order valence-corrected chi connectivity index (χ0v) is 35.1. The van der Waals surface area contributed by atoms with Crippen LogP contribution in [-0.4, -0.2) is 73.5 Å². The molecule has 3 aromatic carbocycles. The first-order valence-corrected chi connectivity index (χ1v) is 22.3. The molecule has 2 aromatic heterocycles. The van der Waals surface area contributed by atoms with E-state index in [4.69, 9.17) is 11.6 Å². The molecule has 58 heavy (non-hydrogen) atoms. The fourth-order valence-electron chi connectivity index (χ4n) is 6.77. The van der Waals surface area contributed by atoms with E-state index in [1.165, 1.54) is 39.8 Å². The van der Waals surface area contributed by atoms with Crippen LogP contribution in [0.3, 0.4) is 0 Å². The number of piperidine rings is 2. The Morgan fingerprint density at radius 2 is 1.28 bits per heavy atom. The van der Waals surface area contributed by atoms with Gasteiger partial charge in [-0.15, -0.1) is 0 Å². The minimum Gasteiger partial charge on any atom is -0.361 e. The van der Waals surface area contributed by atoms with E-state index in [9.17, 15) is 31.2 Å². The molecule has 7 rings (SSSR count). The molecule has 0 amide bonds. The van der Waals surface area contributed by atoms with Gasteiger partial charge in [0.25, 0.3) is 0 Å². The van der Waals surface area contributed by atoms with Crippen LogP contribution in [0, 0.1) is 25.7 Å². The number of sulfonamides is 1. The molecule has 2 aliphatic heterocycles. The summed E-state index contributed by atoms with van der Waals surface area (Å²) < 4.78 is 65.8. The van der Waals surface area contributed by atoms with Crippen LogP contribution < -0.4 is 16.0 Å². The lowest BCUT2D eigenvalue weighted by atomic mass is 9.98. The summed E-state index contributed by atoms with van der Waals surface area (Å²) in [5.41, 5.74) is 2.29. The van der Waals surface area contributed by atoms with Crippen LogP contribution in [-0.2, 0) is 16.2 Å². The van der Waals surface area contributed by atoms with Crippen molar-refractivity contribution in [3.8, 4) is 0 Å². The van der Waals surface area contributed by atoms with Crippen LogP contribution in [0.15, 0.2) is 84.0 Å². The highest BCUT2D eigenvalue weighted by atomic mass is 35.5. The van der Waals surface area contributed by atoms with Gasteiger partial charge in [-0.2, -0.15) is 17.5 Å². The van der Waals surface area contributed by atoms with E-state index in [1.807, 2.05) is 56.3 Å². The van der Waals surface area contributed by atoms with Crippen molar-refractivity contribution in [1.82, 2.24) is 19.6 Å². The van der Waals surface area contributed by atoms with Crippen LogP contribution >= 0.6 is 34.3 Å². The molecule has 2 aliphatic rings. The zero-order chi connectivity index (χ0) is 41.5. The van der Waals surface area contributed by atoms with Gasteiger partial charge in [-0.05, 0) is 93.8 Å². The van der Waals surface area contributed by atoms with Gasteiger partial charge in [0.05, 0.1) is 32.7 Å². The Morgan fingerprint density at radius 1 is 0.793 bits per heavy atom. The van der Waals surface area contributed by atoms with Crippen molar-refractivity contribution < 1.29 is 31.2 Å². The van der Waals surface area contributed by atoms with E-state index in [0.717, 1.165) is 53.6 Å². The van der Waals surface area contributed by atoms with Crippen LogP contribution in [0.5, 0.6) is 0 Å². The second kappa shape index (κ2) is 19.3. The number of aryl methyl sites for hydroxylation is 2. The minimum atomic E-state index is -4.61. The normalized spacial score (nSPS) is 15.7. The molecule has 0 bridgehead atoms. The Bertz CT molecular complexity index is 2320. The van der Waals surface area contributed by atoms with Gasteiger partial charge < -0.3 is 16.0 Å². The minimum absolute atomic E-state index is 0.0607. The maximum atomic E-state index is 13.0. The number of nitrogens with one attached hydrogen (secondary N) is 3. The van der Waals surface area contributed by atoms with Gasteiger partial charge in [0.2, 0.25) is 21.6 Å². The van der Waals surface area contributed by atoms with Gasteiger partial charge in [-0.25, -0.2) is 18.4 Å². The Kier molecular flexibility index (Phi) is 14.4. The molecule has 2 saturated heterocycles. The number of hydrogen-bond donors (Lipinski definition) is 3. The lowest BCUT2D eigenvalue weighted by Crippen LogP contribution is -2.40. The summed E-state index contributed by atoms with van der Waals surface area (Å²) in [7, 11) is -4.02. The van der Waals surface area contributed by atoms with Crippen LogP contribution in [0.4, 0.5) is 23.4 Å². The maximum absolute atomic E-state index is 13.0. The van der Waals surface area contributed by atoms with E-state index >= 15 is 0 Å². The number of halogens is 4. The van der Waals surface area contributed by atoms with Crippen LogP contribution in [0.2, 0.25) is 5.02 Å². The summed E-state index contributed by atoms with van der Waals surface area (Å²) in [5, 5.41) is 11.0. The van der Waals surface area contributed by atoms with Gasteiger partial charge in [0.15, 0.2) is 10.3 Å². The number of carbonyl (C=O) groups is 2. The second-order valence-corrected chi connectivity index (χ2v) is 18.7. The van der Waals surface area contributed by atoms with Gasteiger partial charge in [0.1, 0.15) is 4.90 Å². The largest absolute Gasteiger partial charge is 0.416 e. The summed E-state index contributed by atoms with van der Waals surface area (Å²) in [6.45, 7) is 7.98. The molecule has 3 N–H and O–H groups in total. The third-order valence-electron chi connectivity index (χ3n) is 10.2. The SMILES string of the molecule is Cc1ccccc1C(=O)c1cnc(NCC2CCN(S(=O)(=O)c3ccc(C(F)(F)F)cc3Cl)CC2)s1.Cc1ccccc1C(=O)c1cnc(NCC2CCNCC2)s1. The zero-order valence-electron chi connectivity index (χ0n) is 31.9. The van der Waals surface area contributed by atoms with E-state index in [0.29, 0.717) is 51.8 Å². The van der Waals surface area contributed by atoms with Gasteiger partial charge >= 0.3 is 6.18 Å².